The summed E-state index contributed by atoms with van der Waals surface area (Å²) in [6, 6.07) is 16.9. The first-order valence-corrected chi connectivity index (χ1v) is 9.95. The second-order valence-electron chi connectivity index (χ2n) is 7.34. The lowest BCUT2D eigenvalue weighted by Gasteiger charge is -2.15. The molecule has 8 heteroatoms. The summed E-state index contributed by atoms with van der Waals surface area (Å²) in [4.78, 5) is 25.6. The zero-order valence-corrected chi connectivity index (χ0v) is 16.5. The van der Waals surface area contributed by atoms with Gasteiger partial charge in [0.2, 0.25) is 5.82 Å². The second kappa shape index (κ2) is 8.00. The number of aromatic nitrogens is 5. The molecule has 1 amide bonds. The number of fused-ring (bicyclic) bond motifs is 2. The second-order valence-corrected chi connectivity index (χ2v) is 7.34. The summed E-state index contributed by atoms with van der Waals surface area (Å²) in [5, 5.41) is 19.8. The lowest BCUT2D eigenvalue weighted by Crippen LogP contribution is -2.39. The van der Waals surface area contributed by atoms with Crippen LogP contribution in [0.3, 0.4) is 0 Å². The highest BCUT2D eigenvalue weighted by molar-refractivity contribution is 6.02. The Morgan fingerprint density at radius 2 is 1.74 bits per heavy atom. The van der Waals surface area contributed by atoms with Crippen molar-refractivity contribution in [3.63, 3.8) is 0 Å². The lowest BCUT2D eigenvalue weighted by molar-refractivity contribution is 0.0907. The molecule has 154 valence electrons. The van der Waals surface area contributed by atoms with Crippen LogP contribution in [0.2, 0.25) is 0 Å². The molecule has 2 aromatic carbocycles. The van der Waals surface area contributed by atoms with E-state index >= 15 is 0 Å². The number of hydrogen-bond acceptors (Lipinski definition) is 5. The summed E-state index contributed by atoms with van der Waals surface area (Å²) < 4.78 is 0. The van der Waals surface area contributed by atoms with Gasteiger partial charge in [0, 0.05) is 23.3 Å². The Bertz CT molecular complexity index is 1340. The highest BCUT2D eigenvalue weighted by Gasteiger charge is 2.19. The zero-order chi connectivity index (χ0) is 21.2. The maximum absolute atomic E-state index is 12.7. The molecule has 0 saturated heterocycles. The quantitative estimate of drug-likeness (QED) is 0.342. The van der Waals surface area contributed by atoms with Crippen LogP contribution in [0.5, 0.6) is 0 Å². The highest BCUT2D eigenvalue weighted by Crippen LogP contribution is 2.28. The fourth-order valence-corrected chi connectivity index (χ4v) is 3.67. The molecule has 0 aliphatic heterocycles. The number of imidazole rings is 1. The van der Waals surface area contributed by atoms with Crippen molar-refractivity contribution < 1.29 is 9.90 Å². The first kappa shape index (κ1) is 19.0. The number of carbonyl (C=O) groups excluding carboxylic acids is 1. The standard InChI is InChI=1S/C23H20N6O2/c30-13-16(10-14-4-2-1-3-5-14)25-23(31)22-26-19-11-17-18(12-20(19)27-22)28-29-21(17)15-6-8-24-9-7-15/h1-9,11-12,16,28-30H,10,13H2,(H,25,31)/t16-/m0/s1. The first-order chi connectivity index (χ1) is 15.2. The van der Waals surface area contributed by atoms with Crippen LogP contribution in [-0.4, -0.2) is 48.8 Å². The minimum absolute atomic E-state index is 0.0867. The van der Waals surface area contributed by atoms with Crippen molar-refractivity contribution in [1.29, 1.82) is 0 Å². The van der Waals surface area contributed by atoms with Gasteiger partial charge >= 0.3 is 0 Å². The van der Waals surface area contributed by atoms with Gasteiger partial charge in [0.1, 0.15) is 0 Å². The number of aromatic amines is 2. The van der Waals surface area contributed by atoms with Gasteiger partial charge in [-0.05, 0) is 36.2 Å². The summed E-state index contributed by atoms with van der Waals surface area (Å²) in [7, 11) is 0. The highest BCUT2D eigenvalue weighted by atomic mass is 16.3. The molecule has 5 aromatic rings. The number of carbonyl (C=O) groups is 1. The van der Waals surface area contributed by atoms with Gasteiger partial charge in [-0.3, -0.25) is 14.9 Å². The van der Waals surface area contributed by atoms with Crippen molar-refractivity contribution in [3.05, 3.63) is 78.4 Å². The minimum atomic E-state index is -0.418. The fourth-order valence-electron chi connectivity index (χ4n) is 3.67. The molecule has 0 spiro atoms. The third-order valence-corrected chi connectivity index (χ3v) is 5.21. The number of nitrogens with zero attached hydrogens (tertiary/aromatic N) is 3. The van der Waals surface area contributed by atoms with Crippen LogP contribution >= 0.6 is 0 Å². The predicted octanol–water partition coefficient (Wildman–Crippen LogP) is 2.83. The molecule has 8 nitrogen and oxygen atoms in total. The van der Waals surface area contributed by atoms with Gasteiger partial charge in [0.05, 0.1) is 34.9 Å². The van der Waals surface area contributed by atoms with Gasteiger partial charge in [-0.2, -0.15) is 0 Å². The van der Waals surface area contributed by atoms with E-state index in [9.17, 15) is 9.90 Å². The Kier molecular flexibility index (Phi) is 4.89. The zero-order valence-electron chi connectivity index (χ0n) is 16.5. The average Bonchev–Trinajstić information content (AvgIpc) is 3.41. The largest absolute Gasteiger partial charge is 0.394 e. The van der Waals surface area contributed by atoms with E-state index in [1.165, 1.54) is 0 Å². The normalized spacial score (nSPS) is 12.3. The van der Waals surface area contributed by atoms with E-state index in [1.807, 2.05) is 54.6 Å². The van der Waals surface area contributed by atoms with E-state index in [-0.39, 0.29) is 12.4 Å². The molecule has 0 saturated carbocycles. The maximum atomic E-state index is 12.7. The number of benzene rings is 2. The molecule has 0 bridgehead atoms. The van der Waals surface area contributed by atoms with Gasteiger partial charge in [0.15, 0.2) is 0 Å². The Morgan fingerprint density at radius 1 is 1.00 bits per heavy atom. The van der Waals surface area contributed by atoms with Crippen molar-refractivity contribution in [2.75, 3.05) is 6.61 Å². The van der Waals surface area contributed by atoms with Crippen LogP contribution in [-0.2, 0) is 6.42 Å². The Hall–Kier alpha value is -4.04. The number of H-pyrrole nitrogens is 2. The van der Waals surface area contributed by atoms with Crippen LogP contribution in [0.25, 0.3) is 33.2 Å². The third kappa shape index (κ3) is 3.76. The van der Waals surface area contributed by atoms with E-state index < -0.39 is 11.9 Å². The third-order valence-electron chi connectivity index (χ3n) is 5.21. The smallest absolute Gasteiger partial charge is 0.289 e. The van der Waals surface area contributed by atoms with Gasteiger partial charge in [-0.25, -0.2) is 9.97 Å². The van der Waals surface area contributed by atoms with Gasteiger partial charge in [-0.15, -0.1) is 0 Å². The Balaban J connectivity index is 1.42. The number of hydrogen-bond donors (Lipinski definition) is 4. The van der Waals surface area contributed by atoms with Crippen LogP contribution in [0.1, 0.15) is 16.2 Å². The van der Waals surface area contributed by atoms with E-state index in [1.54, 1.807) is 12.4 Å². The molecule has 0 aliphatic carbocycles. The van der Waals surface area contributed by atoms with E-state index in [0.717, 1.165) is 27.7 Å². The number of rotatable bonds is 6. The summed E-state index contributed by atoms with van der Waals surface area (Å²) in [6.07, 6.45) is 3.99. The lowest BCUT2D eigenvalue weighted by atomic mass is 10.1. The summed E-state index contributed by atoms with van der Waals surface area (Å²) in [5.74, 6) is -0.320. The topological polar surface area (TPSA) is 120 Å². The molecule has 4 N–H and O–H groups in total. The molecule has 3 heterocycles. The molecule has 3 aromatic heterocycles. The van der Waals surface area contributed by atoms with Gasteiger partial charge in [-0.1, -0.05) is 30.3 Å². The molecule has 31 heavy (non-hydrogen) atoms. The molecule has 0 radical (unpaired) electrons. The predicted molar refractivity (Wildman–Crippen MR) is 117 cm³/mol. The monoisotopic (exact) mass is 412 g/mol. The fraction of sp³-hybridized carbons (Fsp3) is 0.130. The number of aliphatic hydroxyl groups excluding tert-OH is 1. The van der Waals surface area contributed by atoms with E-state index in [0.29, 0.717) is 17.5 Å². The van der Waals surface area contributed by atoms with Crippen molar-refractivity contribution in [2.45, 2.75) is 12.5 Å². The number of nitrogens with one attached hydrogen (secondary N) is 3. The summed E-state index contributed by atoms with van der Waals surface area (Å²) >= 11 is 0. The van der Waals surface area contributed by atoms with Gasteiger partial charge in [0.25, 0.3) is 5.91 Å². The van der Waals surface area contributed by atoms with Crippen molar-refractivity contribution in [3.8, 4) is 11.3 Å². The number of amides is 1. The summed E-state index contributed by atoms with van der Waals surface area (Å²) in [5.41, 5.74) is 5.05. The summed E-state index contributed by atoms with van der Waals surface area (Å²) in [6.45, 7) is -0.172. The van der Waals surface area contributed by atoms with Crippen LogP contribution in [0.4, 0.5) is 0 Å². The Morgan fingerprint density at radius 3 is 2.48 bits per heavy atom. The van der Waals surface area contributed by atoms with Crippen LogP contribution < -0.4 is 5.32 Å². The molecule has 0 fully saturated rings. The Labute approximate surface area is 177 Å². The van der Waals surface area contributed by atoms with Crippen LogP contribution in [0, 0.1) is 0 Å². The molecular weight excluding hydrogens is 392 g/mol. The van der Waals surface area contributed by atoms with Crippen molar-refractivity contribution in [1.82, 2.24) is 30.5 Å². The molecule has 0 aliphatic rings. The SMILES string of the molecule is O=C(N[C@H](CO)Cc1ccccc1)c1nc2cc3[nH][nH]c(-c4ccncc4)c3cc2n1. The van der Waals surface area contributed by atoms with E-state index in [4.69, 9.17) is 0 Å². The van der Waals surface area contributed by atoms with E-state index in [2.05, 4.69) is 30.5 Å². The van der Waals surface area contributed by atoms with Crippen LogP contribution in [0.15, 0.2) is 67.0 Å². The minimum Gasteiger partial charge on any atom is -0.394 e. The van der Waals surface area contributed by atoms with Crippen molar-refractivity contribution in [2.24, 2.45) is 0 Å². The number of aliphatic hydroxyl groups is 1. The molecule has 1 atom stereocenters. The maximum Gasteiger partial charge on any atom is 0.289 e. The molecule has 5 rings (SSSR count). The first-order valence-electron chi connectivity index (χ1n) is 9.95. The van der Waals surface area contributed by atoms with Crippen molar-refractivity contribution >= 4 is 27.8 Å². The number of pyridine rings is 1. The molecular formula is C23H20N6O2. The molecule has 0 unspecified atom stereocenters. The average molecular weight is 412 g/mol. The van der Waals surface area contributed by atoms with Gasteiger partial charge < -0.3 is 15.5 Å².